The number of rotatable bonds is 5. The minimum atomic E-state index is -3.00. The number of aliphatic carboxylic acids is 1. The number of piperidine rings is 1. The molecule has 0 amide bonds. The average Bonchev–Trinajstić information content (AvgIpc) is 3.18. The van der Waals surface area contributed by atoms with Gasteiger partial charge in [-0.1, -0.05) is 62.2 Å². The van der Waals surface area contributed by atoms with Crippen LogP contribution in [0.25, 0.3) is 0 Å². The summed E-state index contributed by atoms with van der Waals surface area (Å²) in [7, 11) is -3.00. The van der Waals surface area contributed by atoms with E-state index in [4.69, 9.17) is 28.9 Å². The summed E-state index contributed by atoms with van der Waals surface area (Å²) in [5.41, 5.74) is 3.53. The number of carboxylic acids is 1. The van der Waals surface area contributed by atoms with Crippen LogP contribution in [0.5, 0.6) is 0 Å². The molecule has 4 atom stereocenters. The van der Waals surface area contributed by atoms with Gasteiger partial charge in [-0.15, -0.1) is 0 Å². The molecule has 2 aromatic carbocycles. The summed E-state index contributed by atoms with van der Waals surface area (Å²) in [6.07, 6.45) is 3.08. The summed E-state index contributed by atoms with van der Waals surface area (Å²) in [6.45, 7) is 8.87. The molecule has 2 fully saturated rings. The number of hydrogen-bond acceptors (Lipinski definition) is 6. The Balaban J connectivity index is 0.000000353. The van der Waals surface area contributed by atoms with Crippen LogP contribution in [0.4, 0.5) is 8.78 Å². The van der Waals surface area contributed by atoms with E-state index < -0.39 is 51.0 Å². The molecule has 8 nitrogen and oxygen atoms in total. The molecule has 2 aliphatic rings. The second kappa shape index (κ2) is 13.0. The quantitative estimate of drug-likeness (QED) is 0.389. The third kappa shape index (κ3) is 7.85. The Hall–Kier alpha value is -2.33. The van der Waals surface area contributed by atoms with E-state index >= 15 is 8.78 Å². The number of nitrogens with two attached hydrogens (primary N) is 1. The Bertz CT molecular complexity index is 1500. The normalized spacial score (nSPS) is 25.8. The number of carboxylic acid groups (broad SMARTS) is 1. The smallest absolute Gasteiger partial charge is 0.321 e. The summed E-state index contributed by atoms with van der Waals surface area (Å²) in [6, 6.07) is 8.16. The first-order valence-electron chi connectivity index (χ1n) is 13.8. The van der Waals surface area contributed by atoms with Crippen molar-refractivity contribution in [1.82, 2.24) is 9.62 Å². The van der Waals surface area contributed by atoms with Gasteiger partial charge in [-0.2, -0.15) is 5.26 Å². The summed E-state index contributed by atoms with van der Waals surface area (Å²) in [5.74, 6) is -4.09. The zero-order chi connectivity index (χ0) is 32.5. The maximum Gasteiger partial charge on any atom is 0.321 e. The first-order chi connectivity index (χ1) is 19.7. The van der Waals surface area contributed by atoms with Gasteiger partial charge < -0.3 is 10.8 Å². The van der Waals surface area contributed by atoms with Crippen LogP contribution >= 0.6 is 23.2 Å². The van der Waals surface area contributed by atoms with E-state index in [1.54, 1.807) is 0 Å². The van der Waals surface area contributed by atoms with Gasteiger partial charge in [0.15, 0.2) is 0 Å². The molecule has 2 aliphatic heterocycles. The molecule has 0 spiro atoms. The highest BCUT2D eigenvalue weighted by molar-refractivity contribution is 7.88. The Morgan fingerprint density at radius 1 is 1.21 bits per heavy atom. The number of nitriles is 1. The summed E-state index contributed by atoms with van der Waals surface area (Å²) in [5, 5.41) is 23.4. The molecule has 0 bridgehead atoms. The highest BCUT2D eigenvalue weighted by Crippen LogP contribution is 2.52. The highest BCUT2D eigenvalue weighted by atomic mass is 35.5. The molecular formula is C30H38Cl2F2N4O4S. The summed E-state index contributed by atoms with van der Waals surface area (Å²) in [4.78, 5) is 12.2. The molecular weight excluding hydrogens is 621 g/mol. The van der Waals surface area contributed by atoms with E-state index in [1.807, 2.05) is 27.7 Å². The maximum atomic E-state index is 15.2. The molecule has 2 aromatic rings. The van der Waals surface area contributed by atoms with Gasteiger partial charge in [-0.3, -0.25) is 10.1 Å². The predicted octanol–water partition coefficient (Wildman–Crippen LogP) is 5.44. The lowest BCUT2D eigenvalue weighted by Crippen LogP contribution is -2.49. The van der Waals surface area contributed by atoms with E-state index in [0.29, 0.717) is 19.5 Å². The van der Waals surface area contributed by atoms with Gasteiger partial charge >= 0.3 is 5.97 Å². The van der Waals surface area contributed by atoms with Crippen LogP contribution in [0.2, 0.25) is 10.0 Å². The van der Waals surface area contributed by atoms with Crippen molar-refractivity contribution in [3.05, 3.63) is 69.2 Å². The number of benzene rings is 2. The molecule has 4 unspecified atom stereocenters. The highest BCUT2D eigenvalue weighted by Gasteiger charge is 2.61. The van der Waals surface area contributed by atoms with E-state index in [-0.39, 0.29) is 32.1 Å². The van der Waals surface area contributed by atoms with Gasteiger partial charge in [0.2, 0.25) is 10.0 Å². The maximum absolute atomic E-state index is 15.2. The van der Waals surface area contributed by atoms with Crippen molar-refractivity contribution >= 4 is 39.2 Å². The zero-order valence-electron chi connectivity index (χ0n) is 24.8. The van der Waals surface area contributed by atoms with Crippen molar-refractivity contribution in [2.45, 2.75) is 75.9 Å². The van der Waals surface area contributed by atoms with Crippen LogP contribution in [0.1, 0.15) is 64.0 Å². The molecule has 0 saturated carbocycles. The van der Waals surface area contributed by atoms with E-state index in [1.165, 1.54) is 40.9 Å². The van der Waals surface area contributed by atoms with Gasteiger partial charge in [0.1, 0.15) is 23.1 Å². The monoisotopic (exact) mass is 658 g/mol. The first-order valence-corrected chi connectivity index (χ1v) is 16.4. The third-order valence-electron chi connectivity index (χ3n) is 8.05. The molecule has 0 aliphatic carbocycles. The average molecular weight is 660 g/mol. The molecule has 4 rings (SSSR count). The Morgan fingerprint density at radius 3 is 2.30 bits per heavy atom. The van der Waals surface area contributed by atoms with Crippen molar-refractivity contribution in [1.29, 1.82) is 5.26 Å². The minimum Gasteiger partial charge on any atom is -0.480 e. The predicted molar refractivity (Wildman–Crippen MR) is 164 cm³/mol. The van der Waals surface area contributed by atoms with E-state index in [0.717, 1.165) is 18.9 Å². The molecule has 2 saturated heterocycles. The van der Waals surface area contributed by atoms with E-state index in [2.05, 4.69) is 11.4 Å². The molecule has 13 heteroatoms. The third-order valence-corrected chi connectivity index (χ3v) is 9.88. The first kappa shape index (κ1) is 35.2. The fraction of sp³-hybridized carbons (Fsp3) is 0.533. The van der Waals surface area contributed by atoms with Crippen molar-refractivity contribution in [2.75, 3.05) is 19.3 Å². The lowest BCUT2D eigenvalue weighted by molar-refractivity contribution is -0.139. The Kier molecular flexibility index (Phi) is 10.6. The van der Waals surface area contributed by atoms with Crippen molar-refractivity contribution in [3.63, 3.8) is 0 Å². The van der Waals surface area contributed by atoms with Crippen molar-refractivity contribution in [3.8, 4) is 6.07 Å². The van der Waals surface area contributed by atoms with Crippen LogP contribution in [0, 0.1) is 28.4 Å². The Morgan fingerprint density at radius 2 is 1.81 bits per heavy atom. The fourth-order valence-corrected chi connectivity index (χ4v) is 7.06. The molecule has 0 radical (unpaired) electrons. The molecule has 2 heterocycles. The second-order valence-electron chi connectivity index (χ2n) is 12.8. The number of sulfonamides is 1. The number of nitrogens with zero attached hydrogens (tertiary/aromatic N) is 2. The number of hydrogen-bond donors (Lipinski definition) is 3. The molecule has 236 valence electrons. The Labute approximate surface area is 262 Å². The summed E-state index contributed by atoms with van der Waals surface area (Å²) < 4.78 is 54.0. The van der Waals surface area contributed by atoms with Crippen LogP contribution < -0.4 is 11.1 Å². The minimum absolute atomic E-state index is 0.0331. The van der Waals surface area contributed by atoms with Crippen LogP contribution in [-0.4, -0.2) is 60.8 Å². The van der Waals surface area contributed by atoms with Crippen molar-refractivity contribution < 1.29 is 27.1 Å². The lowest BCUT2D eigenvalue weighted by atomic mass is 9.62. The van der Waals surface area contributed by atoms with Crippen LogP contribution in [0.3, 0.4) is 0 Å². The van der Waals surface area contributed by atoms with Gasteiger partial charge in [0, 0.05) is 41.2 Å². The molecule has 43 heavy (non-hydrogen) atoms. The van der Waals surface area contributed by atoms with Crippen molar-refractivity contribution in [2.24, 2.45) is 11.1 Å². The van der Waals surface area contributed by atoms with Gasteiger partial charge in [0.05, 0.1) is 17.3 Å². The van der Waals surface area contributed by atoms with Gasteiger partial charge in [0.25, 0.3) is 0 Å². The van der Waals surface area contributed by atoms with Crippen LogP contribution in [-0.2, 0) is 20.2 Å². The zero-order valence-corrected chi connectivity index (χ0v) is 27.1. The van der Waals surface area contributed by atoms with Gasteiger partial charge in [-0.05, 0) is 55.4 Å². The SMILES string of the molecule is CC(C)(C)CC1NC(C(=O)O)C(c2cccc(Cl)c2F)C1(C#N)c1ccc(Cl)cc1F.CC1(N)CCN(S(C)(=O)=O)CC1. The topological polar surface area (TPSA) is 137 Å². The standard InChI is InChI=1S/C23H22Cl2F2N2O2.C7H16N2O2S/c1-22(2,3)10-17-23(11-28,14-8-7-12(24)9-16(14)26)18(20(29-17)21(30)31)13-5-4-6-15(25)19(13)27;1-7(8)3-5-9(6-4-7)12(2,10)11/h4-9,17-18,20,29H,10H2,1-3H3,(H,30,31);3-6,8H2,1-2H3. The van der Waals surface area contributed by atoms with Crippen LogP contribution in [0.15, 0.2) is 36.4 Å². The largest absolute Gasteiger partial charge is 0.480 e. The lowest BCUT2D eigenvalue weighted by Gasteiger charge is -2.37. The number of nitrogens with one attached hydrogen (secondary N) is 1. The fourth-order valence-electron chi connectivity index (χ4n) is 5.87. The number of carbonyl (C=O) groups is 1. The molecule has 0 aromatic heterocycles. The summed E-state index contributed by atoms with van der Waals surface area (Å²) >= 11 is 11.9. The second-order valence-corrected chi connectivity index (χ2v) is 15.7. The molecule has 4 N–H and O–H groups in total. The number of halogens is 4. The van der Waals surface area contributed by atoms with E-state index in [9.17, 15) is 23.6 Å². The van der Waals surface area contributed by atoms with Gasteiger partial charge in [-0.25, -0.2) is 21.5 Å².